The molecule has 0 amide bonds. The molecule has 3 N–H and O–H groups in total. The van der Waals surface area contributed by atoms with Crippen molar-refractivity contribution in [3.8, 4) is 0 Å². The Balaban J connectivity index is 1.35. The summed E-state index contributed by atoms with van der Waals surface area (Å²) >= 11 is 0. The highest BCUT2D eigenvalue weighted by Crippen LogP contribution is 2.24. The smallest absolute Gasteiger partial charge is 0.233 e. The molecule has 0 bridgehead atoms. The first kappa shape index (κ1) is 24.9. The standard InChI is InChI=1S/C25H30N8O3S/c1-31(37(2,35)36)23-19(4-3-10-27-23)15-33-12-9-18-14-28-25(30-24(18)33)29-20-5-7-22(8-6-20)32-13-11-26-21(16-32)17-34/h3-10,12,14,21,26,34H,11,13,15-17H2,1-2H3,(H,28,29,30). The fourth-order valence-electron chi connectivity index (χ4n) is 4.40. The predicted molar refractivity (Wildman–Crippen MR) is 145 cm³/mol. The number of anilines is 4. The van der Waals surface area contributed by atoms with E-state index >= 15 is 0 Å². The van der Waals surface area contributed by atoms with E-state index in [2.05, 4.69) is 25.5 Å². The predicted octanol–water partition coefficient (Wildman–Crippen LogP) is 1.78. The number of nitrogens with zero attached hydrogens (tertiary/aromatic N) is 6. The van der Waals surface area contributed by atoms with Crippen LogP contribution in [-0.2, 0) is 16.6 Å². The Labute approximate surface area is 215 Å². The van der Waals surface area contributed by atoms with Crippen LogP contribution in [0.3, 0.4) is 0 Å². The molecule has 37 heavy (non-hydrogen) atoms. The lowest BCUT2D eigenvalue weighted by atomic mass is 10.2. The number of rotatable bonds is 8. The first-order valence-electron chi connectivity index (χ1n) is 12.0. The minimum atomic E-state index is -3.45. The van der Waals surface area contributed by atoms with Crippen LogP contribution in [0.5, 0.6) is 0 Å². The Morgan fingerprint density at radius 2 is 2.00 bits per heavy atom. The molecule has 1 aliphatic heterocycles. The van der Waals surface area contributed by atoms with Gasteiger partial charge in [-0.2, -0.15) is 4.98 Å². The fraction of sp³-hybridized carbons (Fsp3) is 0.320. The lowest BCUT2D eigenvalue weighted by Crippen LogP contribution is -2.52. The molecule has 0 radical (unpaired) electrons. The van der Waals surface area contributed by atoms with E-state index in [-0.39, 0.29) is 12.6 Å². The van der Waals surface area contributed by atoms with Crippen molar-refractivity contribution in [1.29, 1.82) is 0 Å². The maximum atomic E-state index is 12.1. The second kappa shape index (κ2) is 10.3. The first-order chi connectivity index (χ1) is 17.8. The highest BCUT2D eigenvalue weighted by atomic mass is 32.2. The summed E-state index contributed by atoms with van der Waals surface area (Å²) in [5.41, 5.74) is 3.44. The Hall–Kier alpha value is -3.74. The van der Waals surface area contributed by atoms with Crippen molar-refractivity contribution >= 4 is 44.2 Å². The summed E-state index contributed by atoms with van der Waals surface area (Å²) in [5.74, 6) is 0.844. The van der Waals surface area contributed by atoms with Gasteiger partial charge in [0.15, 0.2) is 0 Å². The van der Waals surface area contributed by atoms with Crippen LogP contribution >= 0.6 is 0 Å². The molecule has 194 valence electrons. The van der Waals surface area contributed by atoms with Gasteiger partial charge in [-0.05, 0) is 36.4 Å². The average Bonchev–Trinajstić information content (AvgIpc) is 3.30. The monoisotopic (exact) mass is 522 g/mol. The molecule has 1 unspecified atom stereocenters. The largest absolute Gasteiger partial charge is 0.395 e. The Morgan fingerprint density at radius 1 is 1.19 bits per heavy atom. The van der Waals surface area contributed by atoms with Crippen molar-refractivity contribution in [2.75, 3.05) is 54.1 Å². The van der Waals surface area contributed by atoms with Crippen molar-refractivity contribution in [2.45, 2.75) is 12.6 Å². The van der Waals surface area contributed by atoms with E-state index in [0.29, 0.717) is 18.3 Å². The Kier molecular flexibility index (Phi) is 6.96. The number of piperazine rings is 1. The second-order valence-corrected chi connectivity index (χ2v) is 11.1. The number of aromatic nitrogens is 4. The van der Waals surface area contributed by atoms with Crippen molar-refractivity contribution in [3.63, 3.8) is 0 Å². The van der Waals surface area contributed by atoms with Crippen molar-refractivity contribution in [2.24, 2.45) is 0 Å². The molecular formula is C25H30N8O3S. The van der Waals surface area contributed by atoms with E-state index in [1.54, 1.807) is 18.5 Å². The molecule has 0 spiro atoms. The lowest BCUT2D eigenvalue weighted by Gasteiger charge is -2.34. The minimum Gasteiger partial charge on any atom is -0.395 e. The summed E-state index contributed by atoms with van der Waals surface area (Å²) < 4.78 is 27.3. The summed E-state index contributed by atoms with van der Waals surface area (Å²) in [6.45, 7) is 3.01. The molecule has 4 heterocycles. The Bertz CT molecular complexity index is 1490. The highest BCUT2D eigenvalue weighted by molar-refractivity contribution is 7.92. The van der Waals surface area contributed by atoms with Crippen LogP contribution in [0, 0.1) is 0 Å². The van der Waals surface area contributed by atoms with Gasteiger partial charge in [0.25, 0.3) is 0 Å². The zero-order chi connectivity index (χ0) is 26.0. The van der Waals surface area contributed by atoms with Gasteiger partial charge in [-0.15, -0.1) is 0 Å². The summed E-state index contributed by atoms with van der Waals surface area (Å²) in [4.78, 5) is 15.7. The highest BCUT2D eigenvalue weighted by Gasteiger charge is 2.19. The molecule has 1 aromatic carbocycles. The summed E-state index contributed by atoms with van der Waals surface area (Å²) in [5, 5.41) is 16.9. The zero-order valence-electron chi connectivity index (χ0n) is 20.7. The van der Waals surface area contributed by atoms with Crippen LogP contribution in [0.4, 0.5) is 23.1 Å². The topological polar surface area (TPSA) is 129 Å². The third-order valence-electron chi connectivity index (χ3n) is 6.47. The van der Waals surface area contributed by atoms with Crippen LogP contribution in [0.1, 0.15) is 5.56 Å². The Morgan fingerprint density at radius 3 is 2.76 bits per heavy atom. The molecule has 12 heteroatoms. The SMILES string of the molecule is CN(c1ncccc1Cn1ccc2cnc(Nc3ccc(N4CCNC(CO)C4)cc3)nc21)S(C)(=O)=O. The van der Waals surface area contributed by atoms with Crippen LogP contribution in [0.25, 0.3) is 11.0 Å². The summed E-state index contributed by atoms with van der Waals surface area (Å²) in [6, 6.07) is 13.7. The van der Waals surface area contributed by atoms with Gasteiger partial charge in [0.05, 0.1) is 19.4 Å². The molecule has 1 atom stereocenters. The quantitative estimate of drug-likeness (QED) is 0.317. The normalized spacial score (nSPS) is 16.2. The minimum absolute atomic E-state index is 0.0810. The number of pyridine rings is 1. The van der Waals surface area contributed by atoms with Crippen molar-refractivity contribution in [1.82, 2.24) is 24.8 Å². The second-order valence-electron chi connectivity index (χ2n) is 9.08. The number of hydrogen-bond acceptors (Lipinski definition) is 9. The summed E-state index contributed by atoms with van der Waals surface area (Å²) in [6.07, 6.45) is 6.40. The zero-order valence-corrected chi connectivity index (χ0v) is 21.6. The number of sulfonamides is 1. The molecule has 4 aromatic rings. The van der Waals surface area contributed by atoms with Crippen LogP contribution in [0.2, 0.25) is 0 Å². The molecule has 11 nitrogen and oxygen atoms in total. The van der Waals surface area contributed by atoms with Gasteiger partial charge in [0, 0.05) is 73.6 Å². The lowest BCUT2D eigenvalue weighted by molar-refractivity contribution is 0.235. The number of hydrogen-bond donors (Lipinski definition) is 3. The van der Waals surface area contributed by atoms with E-state index in [4.69, 9.17) is 4.98 Å². The van der Waals surface area contributed by atoms with E-state index in [9.17, 15) is 13.5 Å². The van der Waals surface area contributed by atoms with Gasteiger partial charge in [0.1, 0.15) is 11.5 Å². The van der Waals surface area contributed by atoms with E-state index in [0.717, 1.165) is 53.9 Å². The van der Waals surface area contributed by atoms with E-state index in [1.807, 2.05) is 47.2 Å². The number of nitrogens with one attached hydrogen (secondary N) is 2. The van der Waals surface area contributed by atoms with Crippen LogP contribution in [-0.4, -0.2) is 78.6 Å². The van der Waals surface area contributed by atoms with Crippen LogP contribution in [0.15, 0.2) is 61.1 Å². The molecule has 1 saturated heterocycles. The average molecular weight is 523 g/mol. The molecule has 0 aliphatic carbocycles. The van der Waals surface area contributed by atoms with Gasteiger partial charge in [-0.1, -0.05) is 6.07 Å². The maximum absolute atomic E-state index is 12.1. The van der Waals surface area contributed by atoms with E-state index < -0.39 is 10.0 Å². The number of aliphatic hydroxyl groups excluding tert-OH is 1. The van der Waals surface area contributed by atoms with Crippen LogP contribution < -0.4 is 19.8 Å². The third kappa shape index (κ3) is 5.50. The molecule has 3 aromatic heterocycles. The van der Waals surface area contributed by atoms with Crippen molar-refractivity contribution < 1.29 is 13.5 Å². The molecule has 0 saturated carbocycles. The van der Waals surface area contributed by atoms with Gasteiger partial charge in [0.2, 0.25) is 16.0 Å². The van der Waals surface area contributed by atoms with Gasteiger partial charge < -0.3 is 25.2 Å². The molecule has 5 rings (SSSR count). The molecule has 1 fully saturated rings. The van der Waals surface area contributed by atoms with Gasteiger partial charge in [-0.3, -0.25) is 4.31 Å². The van der Waals surface area contributed by atoms with Crippen molar-refractivity contribution in [3.05, 3.63) is 66.6 Å². The third-order valence-corrected chi connectivity index (χ3v) is 7.64. The first-order valence-corrected chi connectivity index (χ1v) is 13.8. The van der Waals surface area contributed by atoms with Gasteiger partial charge in [-0.25, -0.2) is 18.4 Å². The number of aliphatic hydroxyl groups is 1. The summed E-state index contributed by atoms with van der Waals surface area (Å²) in [7, 11) is -1.95. The number of benzene rings is 1. The molecular weight excluding hydrogens is 492 g/mol. The van der Waals surface area contributed by atoms with E-state index in [1.165, 1.54) is 11.4 Å². The fourth-order valence-corrected chi connectivity index (χ4v) is 4.88. The number of fused-ring (bicyclic) bond motifs is 1. The van der Waals surface area contributed by atoms with Gasteiger partial charge >= 0.3 is 0 Å². The maximum Gasteiger partial charge on any atom is 0.233 e. The molecule has 1 aliphatic rings.